The smallest absolute Gasteiger partial charge is 0.154 e. The highest BCUT2D eigenvalue weighted by atomic mass is 16.3. The first-order chi connectivity index (χ1) is 17.0. The van der Waals surface area contributed by atoms with Crippen LogP contribution >= 0.6 is 0 Å². The monoisotopic (exact) mass is 474 g/mol. The Morgan fingerprint density at radius 1 is 1.11 bits per heavy atom. The SMILES string of the molecule is CC(C)c1c(-c2cnc3ccnn3c2)[nH]c2ccc(C3CCN([C@@H](O)C4NCC[C@H]4O)CC3)cc12. The number of fused-ring (bicyclic) bond motifs is 2. The van der Waals surface area contributed by atoms with Crippen molar-refractivity contribution in [2.45, 2.75) is 63.3 Å². The number of hydrogen-bond donors (Lipinski definition) is 4. The second kappa shape index (κ2) is 9.02. The van der Waals surface area contributed by atoms with Crippen LogP contribution in [-0.4, -0.2) is 72.7 Å². The number of nitrogens with one attached hydrogen (secondary N) is 2. The topological polar surface area (TPSA) is 102 Å². The van der Waals surface area contributed by atoms with E-state index >= 15 is 0 Å². The van der Waals surface area contributed by atoms with Crippen molar-refractivity contribution >= 4 is 16.6 Å². The third-order valence-electron chi connectivity index (χ3n) is 7.91. The molecule has 8 heteroatoms. The molecule has 35 heavy (non-hydrogen) atoms. The standard InChI is InChI=1S/C27H34N6O2/c1-16(2)24-20-13-18(17-7-11-32(12-8-17)27(35)26-22(34)5-9-28-26)3-4-21(20)31-25(24)19-14-29-23-6-10-30-33(23)15-19/h3-4,6,10,13-17,22,26-28,31,34-35H,5,7-9,11-12H2,1-2H3/t22-,26?,27+/m1/s1. The summed E-state index contributed by atoms with van der Waals surface area (Å²) < 4.78 is 1.82. The average Bonchev–Trinajstić information content (AvgIpc) is 3.60. The number of hydrogen-bond acceptors (Lipinski definition) is 6. The van der Waals surface area contributed by atoms with Gasteiger partial charge in [0.25, 0.3) is 0 Å². The predicted octanol–water partition coefficient (Wildman–Crippen LogP) is 3.22. The minimum Gasteiger partial charge on any atom is -0.391 e. The zero-order valence-electron chi connectivity index (χ0n) is 20.4. The number of aromatic nitrogens is 4. The minimum absolute atomic E-state index is 0.245. The van der Waals surface area contributed by atoms with Gasteiger partial charge in [-0.05, 0) is 60.9 Å². The van der Waals surface area contributed by atoms with E-state index in [-0.39, 0.29) is 6.04 Å². The zero-order valence-corrected chi connectivity index (χ0v) is 20.4. The Labute approximate surface area is 205 Å². The number of piperidine rings is 1. The zero-order chi connectivity index (χ0) is 24.1. The van der Waals surface area contributed by atoms with Crippen molar-refractivity contribution in [3.8, 4) is 11.3 Å². The molecule has 1 aromatic carbocycles. The first-order valence-corrected chi connectivity index (χ1v) is 12.8. The Kier molecular flexibility index (Phi) is 5.84. The summed E-state index contributed by atoms with van der Waals surface area (Å²) in [5, 5.41) is 29.8. The van der Waals surface area contributed by atoms with Gasteiger partial charge in [-0.25, -0.2) is 9.50 Å². The van der Waals surface area contributed by atoms with E-state index in [0.29, 0.717) is 18.3 Å². The fourth-order valence-electron chi connectivity index (χ4n) is 5.99. The van der Waals surface area contributed by atoms with Crippen LogP contribution in [-0.2, 0) is 0 Å². The summed E-state index contributed by atoms with van der Waals surface area (Å²) >= 11 is 0. The summed E-state index contributed by atoms with van der Waals surface area (Å²) in [6, 6.07) is 8.48. The first-order valence-electron chi connectivity index (χ1n) is 12.8. The van der Waals surface area contributed by atoms with E-state index in [1.807, 2.05) is 23.0 Å². The normalized spacial score (nSPS) is 23.1. The summed E-state index contributed by atoms with van der Waals surface area (Å²) in [5.41, 5.74) is 6.79. The molecule has 8 nitrogen and oxygen atoms in total. The summed E-state index contributed by atoms with van der Waals surface area (Å²) in [4.78, 5) is 10.3. The van der Waals surface area contributed by atoms with Crippen LogP contribution in [0.5, 0.6) is 0 Å². The molecule has 3 atom stereocenters. The van der Waals surface area contributed by atoms with Gasteiger partial charge in [0.1, 0.15) is 6.23 Å². The van der Waals surface area contributed by atoms with Crippen molar-refractivity contribution in [3.05, 3.63) is 54.0 Å². The molecule has 2 saturated heterocycles. The van der Waals surface area contributed by atoms with E-state index in [2.05, 4.69) is 57.3 Å². The Morgan fingerprint density at radius 2 is 1.94 bits per heavy atom. The summed E-state index contributed by atoms with van der Waals surface area (Å²) in [6.07, 6.45) is 7.34. The molecule has 3 aromatic heterocycles. The van der Waals surface area contributed by atoms with E-state index < -0.39 is 12.3 Å². The highest BCUT2D eigenvalue weighted by Gasteiger charge is 2.36. The van der Waals surface area contributed by atoms with Gasteiger partial charge in [0.15, 0.2) is 5.65 Å². The van der Waals surface area contributed by atoms with E-state index in [1.165, 1.54) is 16.5 Å². The second-order valence-electron chi connectivity index (χ2n) is 10.4. The molecular weight excluding hydrogens is 440 g/mol. The van der Waals surface area contributed by atoms with Gasteiger partial charge in [-0.2, -0.15) is 5.10 Å². The molecular formula is C27H34N6O2. The maximum atomic E-state index is 10.8. The van der Waals surface area contributed by atoms with Crippen molar-refractivity contribution in [2.24, 2.45) is 0 Å². The molecule has 0 amide bonds. The van der Waals surface area contributed by atoms with Crippen LogP contribution in [0, 0.1) is 0 Å². The Morgan fingerprint density at radius 3 is 2.69 bits per heavy atom. The lowest BCUT2D eigenvalue weighted by Gasteiger charge is -2.38. The summed E-state index contributed by atoms with van der Waals surface area (Å²) in [6.45, 7) is 6.91. The number of nitrogens with zero attached hydrogens (tertiary/aromatic N) is 4. The van der Waals surface area contributed by atoms with E-state index in [0.717, 1.165) is 54.9 Å². The van der Waals surface area contributed by atoms with Gasteiger partial charge in [-0.15, -0.1) is 0 Å². The Bertz CT molecular complexity index is 1340. The molecule has 2 aliphatic heterocycles. The molecule has 4 aromatic rings. The highest BCUT2D eigenvalue weighted by molar-refractivity contribution is 5.91. The Balaban J connectivity index is 1.26. The van der Waals surface area contributed by atoms with Crippen LogP contribution in [0.1, 0.15) is 56.1 Å². The van der Waals surface area contributed by atoms with E-state index in [1.54, 1.807) is 6.20 Å². The summed E-state index contributed by atoms with van der Waals surface area (Å²) in [5.74, 6) is 0.814. The molecule has 0 bridgehead atoms. The molecule has 184 valence electrons. The van der Waals surface area contributed by atoms with Crippen molar-refractivity contribution in [2.75, 3.05) is 19.6 Å². The molecule has 6 rings (SSSR count). The molecule has 2 aliphatic rings. The quantitative estimate of drug-likeness (QED) is 0.354. The molecule has 2 fully saturated rings. The third-order valence-corrected chi connectivity index (χ3v) is 7.91. The number of aliphatic hydroxyl groups excluding tert-OH is 2. The maximum absolute atomic E-state index is 10.8. The fraction of sp³-hybridized carbons (Fsp3) is 0.481. The molecule has 0 aliphatic carbocycles. The number of rotatable bonds is 5. The molecule has 0 saturated carbocycles. The van der Waals surface area contributed by atoms with Crippen LogP contribution in [0.4, 0.5) is 0 Å². The lowest BCUT2D eigenvalue weighted by molar-refractivity contribution is -0.0562. The molecule has 4 N–H and O–H groups in total. The lowest BCUT2D eigenvalue weighted by atomic mass is 9.87. The molecule has 0 spiro atoms. The van der Waals surface area contributed by atoms with Crippen molar-refractivity contribution in [3.63, 3.8) is 0 Å². The van der Waals surface area contributed by atoms with Crippen LogP contribution in [0.2, 0.25) is 0 Å². The fourth-order valence-corrected chi connectivity index (χ4v) is 5.99. The van der Waals surface area contributed by atoms with Gasteiger partial charge >= 0.3 is 0 Å². The first kappa shape index (κ1) is 22.7. The van der Waals surface area contributed by atoms with E-state index in [9.17, 15) is 10.2 Å². The van der Waals surface area contributed by atoms with Gasteiger partial charge in [0.05, 0.1) is 24.0 Å². The maximum Gasteiger partial charge on any atom is 0.154 e. The number of aliphatic hydroxyl groups is 2. The number of aromatic amines is 1. The van der Waals surface area contributed by atoms with Gasteiger partial charge in [0, 0.05) is 48.0 Å². The van der Waals surface area contributed by atoms with Crippen LogP contribution in [0.25, 0.3) is 27.8 Å². The van der Waals surface area contributed by atoms with Crippen molar-refractivity contribution < 1.29 is 10.2 Å². The number of H-pyrrole nitrogens is 1. The highest BCUT2D eigenvalue weighted by Crippen LogP contribution is 2.38. The van der Waals surface area contributed by atoms with Crippen LogP contribution < -0.4 is 5.32 Å². The Hall–Kier alpha value is -2.78. The van der Waals surface area contributed by atoms with Gasteiger partial charge in [0.2, 0.25) is 0 Å². The minimum atomic E-state index is -0.628. The van der Waals surface area contributed by atoms with Crippen molar-refractivity contribution in [1.29, 1.82) is 0 Å². The van der Waals surface area contributed by atoms with Gasteiger partial charge in [-0.1, -0.05) is 19.9 Å². The van der Waals surface area contributed by atoms with Gasteiger partial charge < -0.3 is 20.5 Å². The molecule has 5 heterocycles. The van der Waals surface area contributed by atoms with E-state index in [4.69, 9.17) is 0 Å². The van der Waals surface area contributed by atoms with Crippen LogP contribution in [0.15, 0.2) is 42.9 Å². The predicted molar refractivity (Wildman–Crippen MR) is 136 cm³/mol. The number of benzene rings is 1. The summed E-state index contributed by atoms with van der Waals surface area (Å²) in [7, 11) is 0. The number of likely N-dealkylation sites (tertiary alicyclic amines) is 1. The van der Waals surface area contributed by atoms with Crippen molar-refractivity contribution in [1.82, 2.24) is 29.8 Å². The lowest BCUT2D eigenvalue weighted by Crippen LogP contribution is -2.53. The van der Waals surface area contributed by atoms with Crippen LogP contribution in [0.3, 0.4) is 0 Å². The van der Waals surface area contributed by atoms with Gasteiger partial charge in [-0.3, -0.25) is 4.90 Å². The molecule has 0 radical (unpaired) electrons. The largest absolute Gasteiger partial charge is 0.391 e. The second-order valence-corrected chi connectivity index (χ2v) is 10.4. The molecule has 1 unspecified atom stereocenters. The average molecular weight is 475 g/mol. The third kappa shape index (κ3) is 4.04.